The maximum atomic E-state index is 5.20. The fourth-order valence-corrected chi connectivity index (χ4v) is 2.23. The summed E-state index contributed by atoms with van der Waals surface area (Å²) in [6.07, 6.45) is 1.25. The zero-order valence-electron chi connectivity index (χ0n) is 7.51. The maximum absolute atomic E-state index is 5.20. The Labute approximate surface area is 91.8 Å². The lowest BCUT2D eigenvalue weighted by Gasteiger charge is -2.28. The summed E-state index contributed by atoms with van der Waals surface area (Å²) >= 11 is 2.31. The third-order valence-electron chi connectivity index (χ3n) is 2.40. The number of hydrogen-bond donors (Lipinski definition) is 1. The fraction of sp³-hybridized carbons (Fsp3) is 0.400. The summed E-state index contributed by atoms with van der Waals surface area (Å²) in [5, 5.41) is 3.38. The van der Waals surface area contributed by atoms with E-state index in [-0.39, 0.29) is 0 Å². The molecule has 0 aliphatic carbocycles. The normalized spacial score (nSPS) is 20.9. The van der Waals surface area contributed by atoms with Crippen molar-refractivity contribution in [2.24, 2.45) is 0 Å². The maximum Gasteiger partial charge on any atom is 0.132 e. The first-order valence-electron chi connectivity index (χ1n) is 4.38. The molecule has 2 nitrogen and oxygen atoms in total. The average molecular weight is 289 g/mol. The summed E-state index contributed by atoms with van der Waals surface area (Å²) in [6.45, 7) is 1.15. The van der Waals surface area contributed by atoms with Crippen LogP contribution in [-0.2, 0) is 0 Å². The number of halogens is 1. The van der Waals surface area contributed by atoms with Crippen LogP contribution in [0.25, 0.3) is 0 Å². The van der Waals surface area contributed by atoms with E-state index in [2.05, 4.69) is 40.0 Å². The third kappa shape index (κ3) is 1.81. The van der Waals surface area contributed by atoms with Gasteiger partial charge in [-0.3, -0.25) is 0 Å². The monoisotopic (exact) mass is 289 g/mol. The molecule has 0 radical (unpaired) electrons. The molecule has 3 heteroatoms. The van der Waals surface area contributed by atoms with E-state index in [0.29, 0.717) is 6.04 Å². The number of benzene rings is 1. The highest BCUT2D eigenvalue weighted by Gasteiger charge is 2.18. The Morgan fingerprint density at radius 3 is 2.77 bits per heavy atom. The third-order valence-corrected chi connectivity index (χ3v) is 3.24. The summed E-state index contributed by atoms with van der Waals surface area (Å²) in [5.41, 5.74) is 1.37. The van der Waals surface area contributed by atoms with Crippen molar-refractivity contribution in [1.29, 1.82) is 0 Å². The van der Waals surface area contributed by atoms with Crippen molar-refractivity contribution in [3.63, 3.8) is 0 Å². The number of hydrogen-bond acceptors (Lipinski definition) is 2. The van der Waals surface area contributed by atoms with Gasteiger partial charge in [0.1, 0.15) is 5.75 Å². The SMILES string of the molecule is COc1ccc([C@H]2CCN2)cc1I. The van der Waals surface area contributed by atoms with Gasteiger partial charge in [-0.25, -0.2) is 0 Å². The van der Waals surface area contributed by atoms with Crippen molar-refractivity contribution >= 4 is 22.6 Å². The van der Waals surface area contributed by atoms with E-state index in [0.717, 1.165) is 12.3 Å². The van der Waals surface area contributed by atoms with Crippen LogP contribution in [0.4, 0.5) is 0 Å². The van der Waals surface area contributed by atoms with Gasteiger partial charge in [0.25, 0.3) is 0 Å². The smallest absolute Gasteiger partial charge is 0.132 e. The molecular formula is C10H12INO. The molecule has 70 valence electrons. The predicted octanol–water partition coefficient (Wildman–Crippen LogP) is 2.33. The molecule has 1 fully saturated rings. The van der Waals surface area contributed by atoms with Gasteiger partial charge >= 0.3 is 0 Å². The van der Waals surface area contributed by atoms with Gasteiger partial charge in [0, 0.05) is 6.04 Å². The van der Waals surface area contributed by atoms with Gasteiger partial charge in [0.05, 0.1) is 10.7 Å². The fourth-order valence-electron chi connectivity index (χ4n) is 1.47. The molecule has 0 saturated carbocycles. The van der Waals surface area contributed by atoms with Crippen molar-refractivity contribution in [3.8, 4) is 5.75 Å². The minimum Gasteiger partial charge on any atom is -0.496 e. The van der Waals surface area contributed by atoms with E-state index >= 15 is 0 Å². The minimum atomic E-state index is 0.569. The van der Waals surface area contributed by atoms with Crippen LogP contribution in [-0.4, -0.2) is 13.7 Å². The van der Waals surface area contributed by atoms with Gasteiger partial charge in [-0.05, 0) is 53.3 Å². The molecule has 1 saturated heterocycles. The Morgan fingerprint density at radius 1 is 1.54 bits per heavy atom. The van der Waals surface area contributed by atoms with Crippen LogP contribution >= 0.6 is 22.6 Å². The van der Waals surface area contributed by atoms with Gasteiger partial charge in [0.2, 0.25) is 0 Å². The lowest BCUT2D eigenvalue weighted by Crippen LogP contribution is -2.34. The van der Waals surface area contributed by atoms with Gasteiger partial charge < -0.3 is 10.1 Å². The highest BCUT2D eigenvalue weighted by molar-refractivity contribution is 14.1. The molecule has 1 aromatic carbocycles. The molecule has 1 aliphatic heterocycles. The zero-order valence-corrected chi connectivity index (χ0v) is 9.67. The second-order valence-electron chi connectivity index (χ2n) is 3.19. The molecule has 1 heterocycles. The summed E-state index contributed by atoms with van der Waals surface area (Å²) in [4.78, 5) is 0. The Kier molecular flexibility index (Phi) is 2.74. The summed E-state index contributed by atoms with van der Waals surface area (Å²) in [6, 6.07) is 6.94. The van der Waals surface area contributed by atoms with Crippen LogP contribution in [0.5, 0.6) is 5.75 Å². The topological polar surface area (TPSA) is 21.3 Å². The Balaban J connectivity index is 2.24. The lowest BCUT2D eigenvalue weighted by atomic mass is 9.98. The molecule has 0 aromatic heterocycles. The first-order chi connectivity index (χ1) is 6.31. The lowest BCUT2D eigenvalue weighted by molar-refractivity contribution is 0.381. The molecule has 0 spiro atoms. The molecule has 1 atom stereocenters. The number of rotatable bonds is 2. The van der Waals surface area contributed by atoms with E-state index in [1.54, 1.807) is 7.11 Å². The highest BCUT2D eigenvalue weighted by Crippen LogP contribution is 2.28. The summed E-state index contributed by atoms with van der Waals surface area (Å²) in [7, 11) is 1.71. The van der Waals surface area contributed by atoms with Crippen LogP contribution in [0.3, 0.4) is 0 Å². The molecule has 13 heavy (non-hydrogen) atoms. The van der Waals surface area contributed by atoms with E-state index in [4.69, 9.17) is 4.74 Å². The Bertz CT molecular complexity index is 310. The van der Waals surface area contributed by atoms with Crippen molar-refractivity contribution in [2.75, 3.05) is 13.7 Å². The molecule has 1 aliphatic rings. The number of methoxy groups -OCH3 is 1. The van der Waals surface area contributed by atoms with Crippen LogP contribution in [0, 0.1) is 3.57 Å². The van der Waals surface area contributed by atoms with Crippen molar-refractivity contribution in [1.82, 2.24) is 5.32 Å². The van der Waals surface area contributed by atoms with Crippen molar-refractivity contribution in [3.05, 3.63) is 27.3 Å². The van der Waals surface area contributed by atoms with E-state index < -0.39 is 0 Å². The van der Waals surface area contributed by atoms with E-state index in [1.807, 2.05) is 6.07 Å². The number of ether oxygens (including phenoxy) is 1. The van der Waals surface area contributed by atoms with Crippen LogP contribution < -0.4 is 10.1 Å². The Hall–Kier alpha value is -0.290. The average Bonchev–Trinajstić information content (AvgIpc) is 2.01. The molecule has 0 bridgehead atoms. The molecule has 1 N–H and O–H groups in total. The first-order valence-corrected chi connectivity index (χ1v) is 5.46. The predicted molar refractivity (Wildman–Crippen MR) is 61.1 cm³/mol. The molecule has 0 unspecified atom stereocenters. The minimum absolute atomic E-state index is 0.569. The van der Waals surface area contributed by atoms with Crippen LogP contribution in [0.1, 0.15) is 18.0 Å². The second kappa shape index (κ2) is 3.84. The quantitative estimate of drug-likeness (QED) is 0.844. The van der Waals surface area contributed by atoms with Crippen molar-refractivity contribution in [2.45, 2.75) is 12.5 Å². The van der Waals surface area contributed by atoms with Crippen LogP contribution in [0.15, 0.2) is 18.2 Å². The summed E-state index contributed by atoms with van der Waals surface area (Å²) < 4.78 is 6.39. The van der Waals surface area contributed by atoms with Crippen molar-refractivity contribution < 1.29 is 4.74 Å². The van der Waals surface area contributed by atoms with Gasteiger partial charge in [-0.15, -0.1) is 0 Å². The zero-order chi connectivity index (χ0) is 9.26. The van der Waals surface area contributed by atoms with Crippen LogP contribution in [0.2, 0.25) is 0 Å². The van der Waals surface area contributed by atoms with Gasteiger partial charge in [-0.2, -0.15) is 0 Å². The molecule has 0 amide bonds. The first kappa shape index (κ1) is 9.27. The highest BCUT2D eigenvalue weighted by atomic mass is 127. The summed E-state index contributed by atoms with van der Waals surface area (Å²) in [5.74, 6) is 0.962. The standard InChI is InChI=1S/C10H12INO/c1-13-10-3-2-7(6-8(10)11)9-4-5-12-9/h2-3,6,9,12H,4-5H2,1H3/t9-/m1/s1. The van der Waals surface area contributed by atoms with Gasteiger partial charge in [-0.1, -0.05) is 6.07 Å². The second-order valence-corrected chi connectivity index (χ2v) is 4.35. The van der Waals surface area contributed by atoms with E-state index in [9.17, 15) is 0 Å². The largest absolute Gasteiger partial charge is 0.496 e. The molecule has 2 rings (SSSR count). The molecule has 1 aromatic rings. The van der Waals surface area contributed by atoms with Gasteiger partial charge in [0.15, 0.2) is 0 Å². The van der Waals surface area contributed by atoms with E-state index in [1.165, 1.54) is 15.6 Å². The Morgan fingerprint density at radius 2 is 2.31 bits per heavy atom. The molecular weight excluding hydrogens is 277 g/mol. The number of nitrogens with one attached hydrogen (secondary N) is 1.